The van der Waals surface area contributed by atoms with Crippen molar-refractivity contribution >= 4 is 17.9 Å². The maximum Gasteiger partial charge on any atom is 0.306 e. The lowest BCUT2D eigenvalue weighted by molar-refractivity contribution is -0.166. The number of allylic oxidation sites excluding steroid dienone is 14. The van der Waals surface area contributed by atoms with Gasteiger partial charge in [-0.3, -0.25) is 14.4 Å². The summed E-state index contributed by atoms with van der Waals surface area (Å²) in [5.74, 6) is -0.981. The van der Waals surface area contributed by atoms with Crippen LogP contribution in [0.4, 0.5) is 0 Å². The maximum atomic E-state index is 12.9. The first kappa shape index (κ1) is 67.6. The average molecular weight is 990 g/mol. The molecule has 6 nitrogen and oxygen atoms in total. The molecule has 6 heteroatoms. The molecule has 408 valence electrons. The molecule has 0 heterocycles. The normalized spacial score (nSPS) is 12.7. The second kappa shape index (κ2) is 59.2. The third-order valence-electron chi connectivity index (χ3n) is 12.9. The number of hydrogen-bond donors (Lipinski definition) is 0. The Morgan fingerprint density at radius 1 is 0.296 bits per heavy atom. The third-order valence-corrected chi connectivity index (χ3v) is 12.9. The van der Waals surface area contributed by atoms with Gasteiger partial charge in [-0.05, 0) is 83.5 Å². The first-order chi connectivity index (χ1) is 35.0. The van der Waals surface area contributed by atoms with Crippen LogP contribution >= 0.6 is 0 Å². The molecule has 0 rings (SSSR count). The molecule has 0 amide bonds. The molecule has 0 aromatic rings. The smallest absolute Gasteiger partial charge is 0.306 e. The summed E-state index contributed by atoms with van der Waals surface area (Å²) in [4.78, 5) is 38.2. The average Bonchev–Trinajstić information content (AvgIpc) is 3.37. The Morgan fingerprint density at radius 3 is 0.944 bits per heavy atom. The summed E-state index contributed by atoms with van der Waals surface area (Å²) in [7, 11) is 0. The molecule has 0 aliphatic rings. The fraction of sp³-hybridized carbons (Fsp3) is 0.738. The number of ether oxygens (including phenoxy) is 3. The number of carbonyl (C=O) groups is 3. The minimum absolute atomic E-state index is 0.0990. The van der Waals surface area contributed by atoms with Crippen LogP contribution in [0.5, 0.6) is 0 Å². The molecule has 0 unspecified atom stereocenters. The molecule has 0 aromatic heterocycles. The molecule has 0 fully saturated rings. The Balaban J connectivity index is 4.48. The SMILES string of the molecule is CC/C=C/C/C=C/C/C=C/C/C=C/C/C=C/C/C=C/CCC(=O)OC[C@@H](COC(=O)CCCCCCCCCCCCCCCCCCC)OC(=O)CCCCCCCCC/C=C/CCCCCCCC. The molecular formula is C65H112O6. The van der Waals surface area contributed by atoms with Crippen molar-refractivity contribution < 1.29 is 28.6 Å². The number of hydrogen-bond acceptors (Lipinski definition) is 6. The quantitative estimate of drug-likeness (QED) is 0.0261. The molecule has 0 saturated carbocycles. The van der Waals surface area contributed by atoms with Crippen LogP contribution in [0, 0.1) is 0 Å². The van der Waals surface area contributed by atoms with E-state index in [0.717, 1.165) is 77.0 Å². The van der Waals surface area contributed by atoms with E-state index in [0.29, 0.717) is 19.3 Å². The lowest BCUT2D eigenvalue weighted by atomic mass is 10.0. The summed E-state index contributed by atoms with van der Waals surface area (Å²) in [5, 5.41) is 0. The van der Waals surface area contributed by atoms with Crippen molar-refractivity contribution in [2.45, 2.75) is 297 Å². The molecule has 0 N–H and O–H groups in total. The predicted molar refractivity (Wildman–Crippen MR) is 307 cm³/mol. The summed E-state index contributed by atoms with van der Waals surface area (Å²) in [6.45, 7) is 6.48. The monoisotopic (exact) mass is 989 g/mol. The Morgan fingerprint density at radius 2 is 0.577 bits per heavy atom. The summed E-state index contributed by atoms with van der Waals surface area (Å²) >= 11 is 0. The maximum absolute atomic E-state index is 12.9. The minimum Gasteiger partial charge on any atom is -0.462 e. The van der Waals surface area contributed by atoms with Gasteiger partial charge in [0.05, 0.1) is 0 Å². The van der Waals surface area contributed by atoms with Gasteiger partial charge in [-0.25, -0.2) is 0 Å². The largest absolute Gasteiger partial charge is 0.462 e. The summed E-state index contributed by atoms with van der Waals surface area (Å²) in [6.07, 6.45) is 77.3. The molecule has 0 aromatic carbocycles. The molecule has 0 radical (unpaired) electrons. The minimum atomic E-state index is -0.809. The second-order valence-electron chi connectivity index (χ2n) is 19.9. The summed E-state index contributed by atoms with van der Waals surface area (Å²) < 4.78 is 16.8. The highest BCUT2D eigenvalue weighted by Gasteiger charge is 2.19. The standard InChI is InChI=1S/C65H112O6/c1-4-7-10-13-16-19-22-25-28-31-32-35-37-40-43-46-49-52-55-58-64(67)70-61-62(71-65(68)59-56-53-50-47-44-41-38-34-30-27-24-21-18-15-12-9-6-3)60-69-63(66)57-54-51-48-45-42-39-36-33-29-26-23-20-17-14-11-8-5-2/h7,10,16,19,25,27-28,30,32,35,40,43,49,52,62H,4-6,8-9,11-15,17-18,20-24,26,29,31,33-34,36-39,41-42,44-48,50-51,53-61H2,1-3H3/b10-7+,19-16+,28-25+,30-27+,35-32+,43-40+,52-49+/t62-/m1/s1. The second-order valence-corrected chi connectivity index (χ2v) is 19.9. The van der Waals surface area contributed by atoms with Crippen molar-refractivity contribution in [1.82, 2.24) is 0 Å². The lowest BCUT2D eigenvalue weighted by Crippen LogP contribution is -2.30. The van der Waals surface area contributed by atoms with Crippen LogP contribution in [0.1, 0.15) is 290 Å². The van der Waals surface area contributed by atoms with Crippen molar-refractivity contribution in [2.75, 3.05) is 13.2 Å². The van der Waals surface area contributed by atoms with E-state index >= 15 is 0 Å². The Hall–Kier alpha value is -3.41. The lowest BCUT2D eigenvalue weighted by Gasteiger charge is -2.18. The van der Waals surface area contributed by atoms with Gasteiger partial charge in [-0.1, -0.05) is 273 Å². The van der Waals surface area contributed by atoms with Gasteiger partial charge < -0.3 is 14.2 Å². The molecule has 0 aliphatic carbocycles. The van der Waals surface area contributed by atoms with Gasteiger partial charge in [0.2, 0.25) is 0 Å². The summed E-state index contributed by atoms with van der Waals surface area (Å²) in [6, 6.07) is 0. The number of rotatable bonds is 54. The van der Waals surface area contributed by atoms with Crippen LogP contribution in [0.3, 0.4) is 0 Å². The highest BCUT2D eigenvalue weighted by atomic mass is 16.6. The van der Waals surface area contributed by atoms with E-state index in [4.69, 9.17) is 14.2 Å². The Bertz CT molecular complexity index is 1370. The van der Waals surface area contributed by atoms with E-state index in [9.17, 15) is 14.4 Å². The fourth-order valence-corrected chi connectivity index (χ4v) is 8.41. The summed E-state index contributed by atoms with van der Waals surface area (Å²) in [5.41, 5.74) is 0. The van der Waals surface area contributed by atoms with Crippen LogP contribution in [-0.4, -0.2) is 37.2 Å². The van der Waals surface area contributed by atoms with Gasteiger partial charge in [0.25, 0.3) is 0 Å². The van der Waals surface area contributed by atoms with Gasteiger partial charge in [0, 0.05) is 19.3 Å². The zero-order chi connectivity index (χ0) is 51.4. The fourth-order valence-electron chi connectivity index (χ4n) is 8.41. The van der Waals surface area contributed by atoms with E-state index in [2.05, 4.69) is 99.8 Å². The van der Waals surface area contributed by atoms with E-state index in [1.54, 1.807) is 0 Å². The zero-order valence-corrected chi connectivity index (χ0v) is 46.7. The number of esters is 3. The van der Waals surface area contributed by atoms with Crippen LogP contribution < -0.4 is 0 Å². The molecule has 0 saturated heterocycles. The zero-order valence-electron chi connectivity index (χ0n) is 46.7. The van der Waals surface area contributed by atoms with Gasteiger partial charge in [-0.15, -0.1) is 0 Å². The van der Waals surface area contributed by atoms with Gasteiger partial charge >= 0.3 is 17.9 Å². The van der Waals surface area contributed by atoms with Crippen LogP contribution in [-0.2, 0) is 28.6 Å². The van der Waals surface area contributed by atoms with Crippen LogP contribution in [0.25, 0.3) is 0 Å². The molecular weight excluding hydrogens is 877 g/mol. The van der Waals surface area contributed by atoms with Crippen molar-refractivity contribution in [3.63, 3.8) is 0 Å². The van der Waals surface area contributed by atoms with E-state index in [-0.39, 0.29) is 37.5 Å². The van der Waals surface area contributed by atoms with Gasteiger partial charge in [0.1, 0.15) is 13.2 Å². The number of unbranched alkanes of at least 4 members (excludes halogenated alkanes) is 29. The Kier molecular flexibility index (Phi) is 56.3. The third kappa shape index (κ3) is 57.4. The Labute approximate surface area is 439 Å². The van der Waals surface area contributed by atoms with E-state index < -0.39 is 6.10 Å². The van der Waals surface area contributed by atoms with E-state index in [1.165, 1.54) is 167 Å². The van der Waals surface area contributed by atoms with Crippen molar-refractivity contribution in [2.24, 2.45) is 0 Å². The van der Waals surface area contributed by atoms with Crippen molar-refractivity contribution in [3.8, 4) is 0 Å². The van der Waals surface area contributed by atoms with Crippen LogP contribution in [0.15, 0.2) is 85.1 Å². The topological polar surface area (TPSA) is 78.9 Å². The highest BCUT2D eigenvalue weighted by Crippen LogP contribution is 2.16. The first-order valence-corrected chi connectivity index (χ1v) is 30.1. The molecule has 0 bridgehead atoms. The van der Waals surface area contributed by atoms with Gasteiger partial charge in [-0.2, -0.15) is 0 Å². The molecule has 1 atom stereocenters. The van der Waals surface area contributed by atoms with Crippen LogP contribution in [0.2, 0.25) is 0 Å². The van der Waals surface area contributed by atoms with E-state index in [1.807, 2.05) is 6.08 Å². The first-order valence-electron chi connectivity index (χ1n) is 30.1. The molecule has 0 spiro atoms. The van der Waals surface area contributed by atoms with Crippen molar-refractivity contribution in [3.05, 3.63) is 85.1 Å². The van der Waals surface area contributed by atoms with Gasteiger partial charge in [0.15, 0.2) is 6.10 Å². The predicted octanol–water partition coefficient (Wildman–Crippen LogP) is 20.3. The molecule has 71 heavy (non-hydrogen) atoms. The number of carbonyl (C=O) groups excluding carboxylic acids is 3. The highest BCUT2D eigenvalue weighted by molar-refractivity contribution is 5.71. The molecule has 0 aliphatic heterocycles. The van der Waals surface area contributed by atoms with Crippen molar-refractivity contribution in [1.29, 1.82) is 0 Å².